The van der Waals surface area contributed by atoms with Crippen LogP contribution < -0.4 is 10.6 Å². The summed E-state index contributed by atoms with van der Waals surface area (Å²) in [7, 11) is 0. The monoisotopic (exact) mass is 478 g/mol. The minimum atomic E-state index is -0.837. The summed E-state index contributed by atoms with van der Waals surface area (Å²) in [6.07, 6.45) is 3.59. The second-order valence-corrected chi connectivity index (χ2v) is 9.75. The zero-order chi connectivity index (χ0) is 24.8. The maximum atomic E-state index is 12.4. The van der Waals surface area contributed by atoms with Crippen molar-refractivity contribution in [1.82, 2.24) is 10.6 Å². The maximum absolute atomic E-state index is 12.4. The van der Waals surface area contributed by atoms with Gasteiger partial charge in [0.05, 0.1) is 5.92 Å². The molecule has 1 saturated carbocycles. The summed E-state index contributed by atoms with van der Waals surface area (Å²) < 4.78 is 5.57. The highest BCUT2D eigenvalue weighted by molar-refractivity contribution is 5.79. The molecule has 2 amide bonds. The molecule has 0 saturated heterocycles. The fourth-order valence-electron chi connectivity index (χ4n) is 5.26. The van der Waals surface area contributed by atoms with Gasteiger partial charge in [-0.05, 0) is 47.4 Å². The van der Waals surface area contributed by atoms with Crippen LogP contribution in [0.15, 0.2) is 48.5 Å². The van der Waals surface area contributed by atoms with Crippen LogP contribution in [0.2, 0.25) is 0 Å². The summed E-state index contributed by atoms with van der Waals surface area (Å²) in [4.78, 5) is 36.1. The van der Waals surface area contributed by atoms with E-state index in [1.54, 1.807) is 0 Å². The molecule has 3 N–H and O–H groups in total. The molecular weight excluding hydrogens is 444 g/mol. The molecule has 0 spiro atoms. The Labute approximate surface area is 206 Å². The minimum Gasteiger partial charge on any atom is -0.481 e. The Bertz CT molecular complexity index is 1020. The predicted molar refractivity (Wildman–Crippen MR) is 133 cm³/mol. The summed E-state index contributed by atoms with van der Waals surface area (Å²) in [5.74, 6) is -1.36. The van der Waals surface area contributed by atoms with Crippen molar-refractivity contribution in [3.8, 4) is 11.1 Å². The Morgan fingerprint density at radius 2 is 1.63 bits per heavy atom. The molecule has 1 unspecified atom stereocenters. The number of carboxylic acids is 1. The lowest BCUT2D eigenvalue weighted by Gasteiger charge is -2.29. The topological polar surface area (TPSA) is 105 Å². The van der Waals surface area contributed by atoms with Crippen molar-refractivity contribution in [3.05, 3.63) is 59.7 Å². The first-order valence-corrected chi connectivity index (χ1v) is 12.5. The number of hydrogen-bond acceptors (Lipinski definition) is 4. The molecule has 35 heavy (non-hydrogen) atoms. The fraction of sp³-hybridized carbons (Fsp3) is 0.464. The summed E-state index contributed by atoms with van der Waals surface area (Å²) in [5, 5.41) is 15.1. The van der Waals surface area contributed by atoms with Crippen molar-refractivity contribution in [2.24, 2.45) is 11.8 Å². The van der Waals surface area contributed by atoms with E-state index >= 15 is 0 Å². The van der Waals surface area contributed by atoms with Crippen LogP contribution in [0, 0.1) is 11.8 Å². The Balaban J connectivity index is 1.19. The van der Waals surface area contributed by atoms with Gasteiger partial charge >= 0.3 is 12.1 Å². The van der Waals surface area contributed by atoms with Gasteiger partial charge in [0, 0.05) is 24.9 Å². The van der Waals surface area contributed by atoms with Crippen molar-refractivity contribution in [1.29, 1.82) is 0 Å². The number of aliphatic carboxylic acids is 1. The molecule has 0 aliphatic heterocycles. The lowest BCUT2D eigenvalue weighted by Crippen LogP contribution is -2.45. The first kappa shape index (κ1) is 24.8. The zero-order valence-corrected chi connectivity index (χ0v) is 20.2. The van der Waals surface area contributed by atoms with E-state index in [1.165, 1.54) is 22.3 Å². The molecule has 0 bridgehead atoms. The Kier molecular flexibility index (Phi) is 8.06. The predicted octanol–water partition coefficient (Wildman–Crippen LogP) is 4.70. The highest BCUT2D eigenvalue weighted by atomic mass is 16.5. The van der Waals surface area contributed by atoms with E-state index < -0.39 is 18.0 Å². The zero-order valence-electron chi connectivity index (χ0n) is 20.2. The lowest BCUT2D eigenvalue weighted by molar-refractivity contribution is -0.144. The Morgan fingerprint density at radius 1 is 1.00 bits per heavy atom. The van der Waals surface area contributed by atoms with E-state index in [1.807, 2.05) is 31.2 Å². The first-order chi connectivity index (χ1) is 16.9. The summed E-state index contributed by atoms with van der Waals surface area (Å²) >= 11 is 0. The van der Waals surface area contributed by atoms with Crippen molar-refractivity contribution in [2.45, 2.75) is 57.4 Å². The lowest BCUT2D eigenvalue weighted by atomic mass is 9.84. The molecule has 3 atom stereocenters. The number of carbonyl (C=O) groups excluding carboxylic acids is 2. The van der Waals surface area contributed by atoms with Crippen LogP contribution >= 0.6 is 0 Å². The number of hydrogen-bond donors (Lipinski definition) is 3. The van der Waals surface area contributed by atoms with Gasteiger partial charge in [0.15, 0.2) is 0 Å². The number of carboxylic acid groups (broad SMARTS) is 1. The smallest absolute Gasteiger partial charge is 0.407 e. The fourth-order valence-corrected chi connectivity index (χ4v) is 5.26. The van der Waals surface area contributed by atoms with Crippen LogP contribution in [0.4, 0.5) is 4.79 Å². The Morgan fingerprint density at radius 3 is 2.29 bits per heavy atom. The number of rotatable bonds is 9. The van der Waals surface area contributed by atoms with Crippen LogP contribution in [0.25, 0.3) is 11.1 Å². The third kappa shape index (κ3) is 6.02. The van der Waals surface area contributed by atoms with E-state index in [0.717, 1.165) is 12.8 Å². The third-order valence-corrected chi connectivity index (χ3v) is 7.23. The van der Waals surface area contributed by atoms with Gasteiger partial charge in [-0.3, -0.25) is 9.59 Å². The van der Waals surface area contributed by atoms with Crippen LogP contribution in [-0.2, 0) is 14.3 Å². The molecule has 2 aliphatic carbocycles. The Hall–Kier alpha value is -3.35. The van der Waals surface area contributed by atoms with Crippen molar-refractivity contribution in [3.63, 3.8) is 0 Å². The molecule has 7 heteroatoms. The van der Waals surface area contributed by atoms with Crippen LogP contribution in [0.3, 0.4) is 0 Å². The average Bonchev–Trinajstić information content (AvgIpc) is 3.19. The summed E-state index contributed by atoms with van der Waals surface area (Å²) in [5.41, 5.74) is 4.71. The van der Waals surface area contributed by atoms with Gasteiger partial charge in [-0.2, -0.15) is 0 Å². The highest BCUT2D eigenvalue weighted by Gasteiger charge is 2.32. The third-order valence-electron chi connectivity index (χ3n) is 7.23. The molecule has 0 aromatic heterocycles. The van der Waals surface area contributed by atoms with Crippen LogP contribution in [0.1, 0.15) is 62.5 Å². The van der Waals surface area contributed by atoms with E-state index in [-0.39, 0.29) is 30.4 Å². The molecule has 2 aliphatic rings. The summed E-state index contributed by atoms with van der Waals surface area (Å²) in [6.45, 7) is 2.64. The van der Waals surface area contributed by atoms with Gasteiger partial charge in [-0.25, -0.2) is 4.79 Å². The first-order valence-electron chi connectivity index (χ1n) is 12.5. The van der Waals surface area contributed by atoms with Gasteiger partial charge < -0.3 is 20.5 Å². The number of benzene rings is 2. The molecule has 1 fully saturated rings. The second-order valence-electron chi connectivity index (χ2n) is 9.75. The second kappa shape index (κ2) is 11.4. The highest BCUT2D eigenvalue weighted by Crippen LogP contribution is 2.44. The number of ether oxygens (including phenoxy) is 1. The van der Waals surface area contributed by atoms with Crippen molar-refractivity contribution < 1.29 is 24.2 Å². The minimum absolute atomic E-state index is 0.0173. The molecule has 4 rings (SSSR count). The number of carbonyl (C=O) groups is 3. The molecule has 0 radical (unpaired) electrons. The summed E-state index contributed by atoms with van der Waals surface area (Å²) in [6, 6.07) is 16.1. The van der Waals surface area contributed by atoms with Crippen LogP contribution in [0.5, 0.6) is 0 Å². The average molecular weight is 479 g/mol. The molecule has 0 heterocycles. The number of amides is 2. The maximum Gasteiger partial charge on any atom is 0.407 e. The van der Waals surface area contributed by atoms with Gasteiger partial charge in [-0.15, -0.1) is 0 Å². The van der Waals surface area contributed by atoms with Gasteiger partial charge in [0.1, 0.15) is 6.61 Å². The van der Waals surface area contributed by atoms with E-state index in [2.05, 4.69) is 34.9 Å². The molecule has 2 aromatic rings. The molecule has 186 valence electrons. The van der Waals surface area contributed by atoms with E-state index in [0.29, 0.717) is 32.2 Å². The van der Waals surface area contributed by atoms with Gasteiger partial charge in [-0.1, -0.05) is 68.3 Å². The van der Waals surface area contributed by atoms with E-state index in [4.69, 9.17) is 4.74 Å². The quantitative estimate of drug-likeness (QED) is 0.485. The van der Waals surface area contributed by atoms with Crippen molar-refractivity contribution in [2.75, 3.05) is 13.2 Å². The number of nitrogens with one attached hydrogen (secondary N) is 2. The molecular formula is C28H34N2O5. The number of fused-ring (bicyclic) bond motifs is 3. The van der Waals surface area contributed by atoms with Gasteiger partial charge in [0.2, 0.25) is 5.91 Å². The normalized spacial score (nSPS) is 19.8. The van der Waals surface area contributed by atoms with Crippen LogP contribution in [-0.4, -0.2) is 42.3 Å². The standard InChI is InChI=1S/C28H34N2O5/c1-18(14-15-26(31)30-25-13-7-6-12-23(25)27(32)33)16-29-28(34)35-17-24-21-10-4-2-8-19(21)20-9-3-5-11-22(20)24/h2-5,8-11,18,23-25H,6-7,12-17H2,1H3,(H,29,34)(H,30,31)(H,32,33)/t18?,23-,25+/m1/s1. The molecule has 7 nitrogen and oxygen atoms in total. The SMILES string of the molecule is CC(CCC(=O)N[C@H]1CCCC[C@H]1C(=O)O)CNC(=O)OCC1c2ccccc2-c2ccccc21. The van der Waals surface area contributed by atoms with E-state index in [9.17, 15) is 19.5 Å². The molecule has 2 aromatic carbocycles. The van der Waals surface area contributed by atoms with Gasteiger partial charge in [0.25, 0.3) is 0 Å². The number of alkyl carbamates (subject to hydrolysis) is 1. The van der Waals surface area contributed by atoms with Crippen molar-refractivity contribution >= 4 is 18.0 Å². The largest absolute Gasteiger partial charge is 0.481 e.